The van der Waals surface area contributed by atoms with Gasteiger partial charge in [-0.25, -0.2) is 0 Å². The zero-order valence-corrected chi connectivity index (χ0v) is 41.4. The average molecular weight is 943 g/mol. The molecule has 3 saturated carbocycles. The quantitative estimate of drug-likeness (QED) is 0.146. The van der Waals surface area contributed by atoms with Crippen LogP contribution in [0.1, 0.15) is 144 Å². The van der Waals surface area contributed by atoms with Gasteiger partial charge < -0.3 is 0 Å². The van der Waals surface area contributed by atoms with E-state index in [1.807, 2.05) is 37.3 Å². The highest BCUT2D eigenvalue weighted by Crippen LogP contribution is 2.27. The molecule has 0 spiro atoms. The van der Waals surface area contributed by atoms with Gasteiger partial charge in [0.1, 0.15) is 0 Å². The molecule has 6 atom stereocenters. The molecule has 10 aliphatic heterocycles. The van der Waals surface area contributed by atoms with Crippen LogP contribution in [0.4, 0.5) is 0 Å². The summed E-state index contributed by atoms with van der Waals surface area (Å²) in [5.74, 6) is 0. The SMILES string of the molecule is C1=Cc2ccc(cc2)C=N[C@H]2CCCC[C@@H]2N=Cc2ccc(cc2)C=Cc2ccc(cc2)C=N[C@H]2CCCC[C@@H]2N=Cc2ccc(cc2)C=Cc2ccc(cc2)C=N[C@H]2CCCC[C@@H]2N=Cc2ccc1cc2. The average Bonchev–Trinajstić information content (AvgIpc) is 3.44. The van der Waals surface area contributed by atoms with Crippen LogP contribution in [-0.4, -0.2) is 73.5 Å². The Morgan fingerprint density at radius 2 is 0.306 bits per heavy atom. The van der Waals surface area contributed by atoms with Crippen LogP contribution in [0.5, 0.6) is 0 Å². The predicted octanol–water partition coefficient (Wildman–Crippen LogP) is 15.1. The third-order valence-corrected chi connectivity index (χ3v) is 14.6. The van der Waals surface area contributed by atoms with Crippen LogP contribution in [-0.2, 0) is 0 Å². The van der Waals surface area contributed by atoms with E-state index in [0.29, 0.717) is 0 Å². The first-order valence-electron chi connectivity index (χ1n) is 26.4. The van der Waals surface area contributed by atoms with Gasteiger partial charge in [-0.05, 0) is 105 Å². The van der Waals surface area contributed by atoms with Gasteiger partial charge in [-0.15, -0.1) is 0 Å². The molecule has 360 valence electrons. The van der Waals surface area contributed by atoms with Crippen LogP contribution in [0, 0.1) is 0 Å². The molecule has 0 saturated heterocycles. The monoisotopic (exact) mass is 943 g/mol. The van der Waals surface area contributed by atoms with Crippen molar-refractivity contribution < 1.29 is 0 Å². The largest absolute Gasteiger partial charge is 0.287 e. The van der Waals surface area contributed by atoms with Crippen molar-refractivity contribution in [2.24, 2.45) is 30.0 Å². The smallest absolute Gasteiger partial charge is 0.0723 e. The first kappa shape index (κ1) is 48.2. The molecule has 19 rings (SSSR count). The molecule has 0 N–H and O–H groups in total. The molecule has 0 amide bonds. The number of aliphatic imine (C=N–C) groups is 6. The van der Waals surface area contributed by atoms with Crippen molar-refractivity contribution >= 4 is 73.7 Å². The van der Waals surface area contributed by atoms with E-state index in [-0.39, 0.29) is 36.3 Å². The van der Waals surface area contributed by atoms with E-state index in [2.05, 4.69) is 182 Å². The highest BCUT2D eigenvalue weighted by Gasteiger charge is 2.25. The molecule has 0 unspecified atom stereocenters. The maximum Gasteiger partial charge on any atom is 0.0723 e. The summed E-state index contributed by atoms with van der Waals surface area (Å²) in [6.07, 6.45) is 38.8. The van der Waals surface area contributed by atoms with Crippen molar-refractivity contribution in [2.75, 3.05) is 0 Å². The zero-order chi connectivity index (χ0) is 48.6. The fraction of sp³-hybridized carbons (Fsp3) is 0.273. The van der Waals surface area contributed by atoms with Gasteiger partial charge in [-0.2, -0.15) is 0 Å². The van der Waals surface area contributed by atoms with Crippen molar-refractivity contribution in [3.05, 3.63) is 212 Å². The summed E-state index contributed by atoms with van der Waals surface area (Å²) in [5.41, 5.74) is 13.6. The Balaban J connectivity index is 0.845. The summed E-state index contributed by atoms with van der Waals surface area (Å²) >= 11 is 0. The van der Waals surface area contributed by atoms with Gasteiger partial charge in [-0.1, -0.05) is 221 Å². The lowest BCUT2D eigenvalue weighted by molar-refractivity contribution is 0.390. The molecule has 6 aromatic rings. The summed E-state index contributed by atoms with van der Waals surface area (Å²) < 4.78 is 0. The Bertz CT molecular complexity index is 2420. The Hall–Kier alpha value is -7.44. The molecule has 0 aromatic heterocycles. The van der Waals surface area contributed by atoms with Crippen LogP contribution in [0.25, 0.3) is 36.5 Å². The summed E-state index contributed by atoms with van der Waals surface area (Å²) in [4.78, 5) is 30.5. The molecule has 0 radical (unpaired) electrons. The second-order valence-electron chi connectivity index (χ2n) is 19.9. The van der Waals surface area contributed by atoms with Gasteiger partial charge in [0.05, 0.1) is 36.3 Å². The number of hydrogen-bond acceptors (Lipinski definition) is 6. The third-order valence-electron chi connectivity index (χ3n) is 14.6. The molecule has 3 aliphatic carbocycles. The Labute approximate surface area is 427 Å². The van der Waals surface area contributed by atoms with E-state index < -0.39 is 0 Å². The number of nitrogens with zero attached hydrogens (tertiary/aromatic N) is 6. The van der Waals surface area contributed by atoms with Crippen molar-refractivity contribution in [1.82, 2.24) is 0 Å². The highest BCUT2D eigenvalue weighted by atomic mass is 14.9. The second kappa shape index (κ2) is 24.6. The lowest BCUT2D eigenvalue weighted by Gasteiger charge is -2.25. The summed E-state index contributed by atoms with van der Waals surface area (Å²) in [5, 5.41) is 0. The van der Waals surface area contributed by atoms with Crippen LogP contribution in [0.3, 0.4) is 0 Å². The maximum absolute atomic E-state index is 5.08. The number of benzene rings is 6. The Morgan fingerprint density at radius 1 is 0.181 bits per heavy atom. The first-order chi connectivity index (χ1) is 35.6. The van der Waals surface area contributed by atoms with Crippen LogP contribution < -0.4 is 0 Å². The standard InChI is InChI=1S/C66H66N6/c1-2-8-62-61(7-1)67-43-55-31-19-49(20-32-55)13-14-51-23-35-57(36-24-51)45-69-63-9-3-4-10-64(63)71-47-59-39-27-53(28-40-59)17-18-54-29-41-60(42-30-54)48-72-66-12-6-5-11-65(66)70-46-58-37-25-52(26-38-58)16-15-50-21-33-56(34-22-50)44-68-62/h13-48,61-66H,1-12H2/t61-,62-,63-,64-,65-,66-/m0/s1. The molecule has 3 fully saturated rings. The second-order valence-corrected chi connectivity index (χ2v) is 19.9. The van der Waals surface area contributed by atoms with Crippen molar-refractivity contribution in [3.8, 4) is 0 Å². The van der Waals surface area contributed by atoms with Crippen LogP contribution in [0.15, 0.2) is 176 Å². The lowest BCUT2D eigenvalue weighted by atomic mass is 9.91. The fourth-order valence-corrected chi connectivity index (χ4v) is 10.1. The summed E-state index contributed by atoms with van der Waals surface area (Å²) in [6, 6.07) is 53.1. The van der Waals surface area contributed by atoms with Crippen LogP contribution >= 0.6 is 0 Å². The molecule has 13 aliphatic rings. The van der Waals surface area contributed by atoms with Gasteiger partial charge in [-0.3, -0.25) is 30.0 Å². The van der Waals surface area contributed by atoms with Gasteiger partial charge >= 0.3 is 0 Å². The lowest BCUT2D eigenvalue weighted by Crippen LogP contribution is -2.27. The van der Waals surface area contributed by atoms with Gasteiger partial charge in [0.2, 0.25) is 0 Å². The number of hydrogen-bond donors (Lipinski definition) is 0. The predicted molar refractivity (Wildman–Crippen MR) is 309 cm³/mol. The maximum atomic E-state index is 5.08. The molecule has 6 aromatic carbocycles. The van der Waals surface area contributed by atoms with E-state index >= 15 is 0 Å². The van der Waals surface area contributed by atoms with E-state index in [4.69, 9.17) is 30.0 Å². The van der Waals surface area contributed by atoms with Crippen LogP contribution in [0.2, 0.25) is 0 Å². The fourth-order valence-electron chi connectivity index (χ4n) is 10.1. The van der Waals surface area contributed by atoms with E-state index in [0.717, 1.165) is 105 Å². The molecule has 72 heavy (non-hydrogen) atoms. The van der Waals surface area contributed by atoms with E-state index in [9.17, 15) is 0 Å². The molecule has 12 bridgehead atoms. The van der Waals surface area contributed by atoms with E-state index in [1.165, 1.54) is 38.5 Å². The Morgan fingerprint density at radius 3 is 0.444 bits per heavy atom. The molecule has 10 heterocycles. The highest BCUT2D eigenvalue weighted by molar-refractivity contribution is 5.85. The van der Waals surface area contributed by atoms with Crippen molar-refractivity contribution in [1.29, 1.82) is 0 Å². The van der Waals surface area contributed by atoms with Crippen molar-refractivity contribution in [2.45, 2.75) is 113 Å². The molecular formula is C66H66N6. The molecule has 6 nitrogen and oxygen atoms in total. The minimum Gasteiger partial charge on any atom is -0.287 e. The molecule has 6 heteroatoms. The zero-order valence-electron chi connectivity index (χ0n) is 41.4. The minimum atomic E-state index is 0.192. The summed E-state index contributed by atoms with van der Waals surface area (Å²) in [7, 11) is 0. The third kappa shape index (κ3) is 13.9. The number of rotatable bonds is 0. The topological polar surface area (TPSA) is 74.2 Å². The van der Waals surface area contributed by atoms with E-state index in [1.54, 1.807) is 0 Å². The first-order valence-corrected chi connectivity index (χ1v) is 26.4. The van der Waals surface area contributed by atoms with Gasteiger partial charge in [0, 0.05) is 37.3 Å². The molecular weight excluding hydrogens is 877 g/mol. The van der Waals surface area contributed by atoms with Crippen molar-refractivity contribution in [3.63, 3.8) is 0 Å². The van der Waals surface area contributed by atoms with Gasteiger partial charge in [0.15, 0.2) is 0 Å². The minimum absolute atomic E-state index is 0.192. The summed E-state index contributed by atoms with van der Waals surface area (Å²) in [6.45, 7) is 0. The van der Waals surface area contributed by atoms with Gasteiger partial charge in [0.25, 0.3) is 0 Å². The Kier molecular flexibility index (Phi) is 16.5. The normalized spacial score (nSPS) is 22.7.